The molecule has 1 aromatic carbocycles. The molecule has 28 heavy (non-hydrogen) atoms. The Hall–Kier alpha value is -3.26. The number of aryl methyl sites for hydroxylation is 1. The number of oxime groups is 1. The lowest BCUT2D eigenvalue weighted by molar-refractivity contribution is -0.112. The van der Waals surface area contributed by atoms with E-state index in [0.717, 1.165) is 29.8 Å². The van der Waals surface area contributed by atoms with E-state index in [4.69, 9.17) is 14.9 Å². The van der Waals surface area contributed by atoms with Crippen molar-refractivity contribution in [2.75, 3.05) is 18.6 Å². The van der Waals surface area contributed by atoms with Gasteiger partial charge in [-0.15, -0.1) is 0 Å². The summed E-state index contributed by atoms with van der Waals surface area (Å²) in [4.78, 5) is 28.4. The van der Waals surface area contributed by atoms with E-state index >= 15 is 0 Å². The molecule has 8 nitrogen and oxygen atoms in total. The van der Waals surface area contributed by atoms with Gasteiger partial charge < -0.3 is 14.5 Å². The Kier molecular flexibility index (Phi) is 5.03. The fourth-order valence-electron chi connectivity index (χ4n) is 3.51. The summed E-state index contributed by atoms with van der Waals surface area (Å²) in [6, 6.07) is 9.65. The summed E-state index contributed by atoms with van der Waals surface area (Å²) in [5.74, 6) is 0.541. The van der Waals surface area contributed by atoms with E-state index in [1.54, 1.807) is 23.4 Å². The minimum absolute atomic E-state index is 0.155. The van der Waals surface area contributed by atoms with Crippen LogP contribution in [-0.2, 0) is 22.7 Å². The lowest BCUT2D eigenvalue weighted by Gasteiger charge is -2.17. The number of benzene rings is 1. The third kappa shape index (κ3) is 3.11. The first kappa shape index (κ1) is 18.1. The molecule has 2 aromatic heterocycles. The minimum Gasteiger partial charge on any atom is -0.398 e. The van der Waals surface area contributed by atoms with Crippen LogP contribution in [0.1, 0.15) is 24.2 Å². The molecule has 144 valence electrons. The Labute approximate surface area is 162 Å². The summed E-state index contributed by atoms with van der Waals surface area (Å²) < 4.78 is 2.11. The zero-order valence-corrected chi connectivity index (χ0v) is 15.6. The van der Waals surface area contributed by atoms with Crippen molar-refractivity contribution in [2.45, 2.75) is 25.9 Å². The van der Waals surface area contributed by atoms with Crippen LogP contribution in [-0.4, -0.2) is 45.0 Å². The highest BCUT2D eigenvalue weighted by Gasteiger charge is 2.35. The lowest BCUT2D eigenvalue weighted by Crippen LogP contribution is -2.31. The topological polar surface area (TPSA) is 92.8 Å². The van der Waals surface area contributed by atoms with E-state index in [0.29, 0.717) is 24.2 Å². The second kappa shape index (κ2) is 7.77. The fourth-order valence-corrected chi connectivity index (χ4v) is 3.51. The number of unbranched alkanes of at least 4 members (excludes halogenated alkanes) is 1. The monoisotopic (exact) mass is 379 g/mol. The van der Waals surface area contributed by atoms with Crippen LogP contribution >= 0.6 is 0 Å². The van der Waals surface area contributed by atoms with Gasteiger partial charge in [0.05, 0.1) is 29.5 Å². The number of hydrogen-bond acceptors (Lipinski definition) is 6. The zero-order chi connectivity index (χ0) is 19.5. The van der Waals surface area contributed by atoms with E-state index in [-0.39, 0.29) is 18.2 Å². The first-order chi connectivity index (χ1) is 13.7. The van der Waals surface area contributed by atoms with Gasteiger partial charge in [0.25, 0.3) is 5.91 Å². The summed E-state index contributed by atoms with van der Waals surface area (Å²) in [6.45, 7) is 1.17. The Morgan fingerprint density at radius 2 is 2.07 bits per heavy atom. The highest BCUT2D eigenvalue weighted by molar-refractivity contribution is 6.54. The largest absolute Gasteiger partial charge is 0.398 e. The summed E-state index contributed by atoms with van der Waals surface area (Å²) >= 11 is 0. The van der Waals surface area contributed by atoms with Crippen LogP contribution in [0.2, 0.25) is 0 Å². The predicted octanol–water partition coefficient (Wildman–Crippen LogP) is 2.10. The summed E-state index contributed by atoms with van der Waals surface area (Å²) in [7, 11) is 1.42. The minimum atomic E-state index is -0.237. The number of aromatic nitrogens is 3. The van der Waals surface area contributed by atoms with E-state index in [9.17, 15) is 4.79 Å². The molecule has 0 saturated heterocycles. The zero-order valence-electron chi connectivity index (χ0n) is 15.6. The number of hydrogen-bond donors (Lipinski definition) is 1. The van der Waals surface area contributed by atoms with Gasteiger partial charge in [0.2, 0.25) is 0 Å². The van der Waals surface area contributed by atoms with Crippen LogP contribution in [0.15, 0.2) is 47.9 Å². The molecular weight excluding hydrogens is 358 g/mol. The van der Waals surface area contributed by atoms with E-state index < -0.39 is 0 Å². The van der Waals surface area contributed by atoms with Gasteiger partial charge >= 0.3 is 0 Å². The number of aliphatic hydroxyl groups is 1. The average Bonchev–Trinajstić information content (AvgIpc) is 3.19. The Balaban J connectivity index is 1.73. The molecular formula is C20H21N5O3. The van der Waals surface area contributed by atoms with Crippen LogP contribution in [0.5, 0.6) is 0 Å². The predicted molar refractivity (Wildman–Crippen MR) is 105 cm³/mol. The van der Waals surface area contributed by atoms with E-state index in [1.807, 2.05) is 24.3 Å². The Bertz CT molecular complexity index is 1040. The van der Waals surface area contributed by atoms with Crippen molar-refractivity contribution in [1.82, 2.24) is 14.5 Å². The Morgan fingerprint density at radius 3 is 2.89 bits per heavy atom. The van der Waals surface area contributed by atoms with Crippen LogP contribution < -0.4 is 4.90 Å². The standard InChI is InChI=1S/C20H21N5O3/c1-28-23-19-14-8-9-21-12-17(14)25(20(19)27)13-18-22-15-6-2-3-7-16(15)24(18)10-4-5-11-26/h2-3,6-9,12,26H,4-5,10-11,13H2,1H3/b23-19-. The number of pyridine rings is 1. The summed E-state index contributed by atoms with van der Waals surface area (Å²) in [5, 5.41) is 13.0. The first-order valence-electron chi connectivity index (χ1n) is 9.17. The van der Waals surface area contributed by atoms with Crippen molar-refractivity contribution in [3.8, 4) is 0 Å². The van der Waals surface area contributed by atoms with Gasteiger partial charge in [-0.05, 0) is 31.0 Å². The second-order valence-electron chi connectivity index (χ2n) is 6.51. The van der Waals surface area contributed by atoms with Gasteiger partial charge in [-0.1, -0.05) is 17.3 Å². The fraction of sp³-hybridized carbons (Fsp3) is 0.300. The molecule has 0 bridgehead atoms. The van der Waals surface area contributed by atoms with Crippen molar-refractivity contribution in [3.63, 3.8) is 0 Å². The Morgan fingerprint density at radius 1 is 1.21 bits per heavy atom. The quantitative estimate of drug-likeness (QED) is 0.501. The molecule has 0 spiro atoms. The van der Waals surface area contributed by atoms with Crippen LogP contribution in [0, 0.1) is 0 Å². The van der Waals surface area contributed by atoms with Crippen molar-refractivity contribution in [3.05, 3.63) is 54.1 Å². The third-order valence-electron chi connectivity index (χ3n) is 4.80. The van der Waals surface area contributed by atoms with Gasteiger partial charge in [0.15, 0.2) is 5.71 Å². The highest BCUT2D eigenvalue weighted by Crippen LogP contribution is 2.30. The van der Waals surface area contributed by atoms with E-state index in [2.05, 4.69) is 14.7 Å². The number of aliphatic hydroxyl groups excluding tert-OH is 1. The summed E-state index contributed by atoms with van der Waals surface area (Å²) in [6.07, 6.45) is 4.83. The molecule has 0 unspecified atom stereocenters. The SMILES string of the molecule is CO/N=C1\C(=O)N(Cc2nc3ccccc3n2CCCCO)c2cnccc21. The third-order valence-corrected chi connectivity index (χ3v) is 4.80. The molecule has 1 N–H and O–H groups in total. The highest BCUT2D eigenvalue weighted by atomic mass is 16.6. The van der Waals surface area contributed by atoms with Gasteiger partial charge in [-0.25, -0.2) is 4.98 Å². The van der Waals surface area contributed by atoms with Gasteiger partial charge in [-0.2, -0.15) is 0 Å². The number of anilines is 1. The molecule has 1 aliphatic rings. The number of rotatable bonds is 7. The average molecular weight is 379 g/mol. The molecule has 0 atom stereocenters. The number of imidazole rings is 1. The molecule has 0 saturated carbocycles. The van der Waals surface area contributed by atoms with Crippen LogP contribution in [0.3, 0.4) is 0 Å². The number of nitrogens with zero attached hydrogens (tertiary/aromatic N) is 5. The molecule has 3 heterocycles. The van der Waals surface area contributed by atoms with Crippen molar-refractivity contribution in [1.29, 1.82) is 0 Å². The van der Waals surface area contributed by atoms with Crippen LogP contribution in [0.4, 0.5) is 5.69 Å². The van der Waals surface area contributed by atoms with Gasteiger partial charge in [0.1, 0.15) is 12.9 Å². The molecule has 1 aliphatic heterocycles. The molecule has 0 fully saturated rings. The van der Waals surface area contributed by atoms with E-state index in [1.165, 1.54) is 7.11 Å². The molecule has 0 aliphatic carbocycles. The lowest BCUT2D eigenvalue weighted by atomic mass is 10.2. The molecule has 1 amide bonds. The molecule has 8 heteroatoms. The number of amides is 1. The number of carbonyl (C=O) groups is 1. The molecule has 0 radical (unpaired) electrons. The maximum absolute atomic E-state index is 13.0. The van der Waals surface area contributed by atoms with Crippen molar-refractivity contribution < 1.29 is 14.7 Å². The van der Waals surface area contributed by atoms with Crippen molar-refractivity contribution in [2.24, 2.45) is 5.16 Å². The summed E-state index contributed by atoms with van der Waals surface area (Å²) in [5.41, 5.74) is 3.55. The molecule has 4 rings (SSSR count). The maximum Gasteiger partial charge on any atom is 0.281 e. The normalized spacial score (nSPS) is 14.9. The van der Waals surface area contributed by atoms with Gasteiger partial charge in [0, 0.05) is 24.9 Å². The molecule has 3 aromatic rings. The smallest absolute Gasteiger partial charge is 0.281 e. The van der Waals surface area contributed by atoms with Crippen molar-refractivity contribution >= 4 is 28.3 Å². The number of carbonyl (C=O) groups excluding carboxylic acids is 1. The van der Waals surface area contributed by atoms with Crippen LogP contribution in [0.25, 0.3) is 11.0 Å². The van der Waals surface area contributed by atoms with Gasteiger partial charge in [-0.3, -0.25) is 14.7 Å². The number of para-hydroxylation sites is 2. The second-order valence-corrected chi connectivity index (χ2v) is 6.51. The first-order valence-corrected chi connectivity index (χ1v) is 9.17. The maximum atomic E-state index is 13.0. The number of fused-ring (bicyclic) bond motifs is 2.